The summed E-state index contributed by atoms with van der Waals surface area (Å²) in [7, 11) is 0. The quantitative estimate of drug-likeness (QED) is 0.601. The van der Waals surface area contributed by atoms with Gasteiger partial charge in [-0.1, -0.05) is 6.08 Å². The van der Waals surface area contributed by atoms with Gasteiger partial charge in [0.15, 0.2) is 0 Å². The summed E-state index contributed by atoms with van der Waals surface area (Å²) < 4.78 is 1.75. The van der Waals surface area contributed by atoms with E-state index in [1.165, 1.54) is 18.5 Å². The highest BCUT2D eigenvalue weighted by atomic mass is 15.5. The van der Waals surface area contributed by atoms with Crippen LogP contribution in [0.5, 0.6) is 0 Å². The molecule has 0 spiro atoms. The molecule has 0 fully saturated rings. The van der Waals surface area contributed by atoms with Crippen molar-refractivity contribution in [2.45, 2.75) is 25.7 Å². The van der Waals surface area contributed by atoms with Crippen molar-refractivity contribution < 1.29 is 0 Å². The second-order valence-electron chi connectivity index (χ2n) is 2.70. The van der Waals surface area contributed by atoms with E-state index in [2.05, 4.69) is 21.6 Å². The number of tetrazole rings is 1. The molecule has 1 heterocycles. The van der Waals surface area contributed by atoms with Gasteiger partial charge in [0.25, 0.3) is 0 Å². The zero-order valence-corrected chi connectivity index (χ0v) is 6.27. The Morgan fingerprint density at radius 1 is 1.36 bits per heavy atom. The molecule has 0 amide bonds. The van der Waals surface area contributed by atoms with Gasteiger partial charge in [-0.15, -0.1) is 5.10 Å². The van der Waals surface area contributed by atoms with E-state index in [0.29, 0.717) is 0 Å². The van der Waals surface area contributed by atoms with Crippen LogP contribution in [0.25, 0.3) is 5.70 Å². The molecule has 0 aliphatic heterocycles. The van der Waals surface area contributed by atoms with Crippen LogP contribution in [0.1, 0.15) is 25.7 Å². The highest BCUT2D eigenvalue weighted by molar-refractivity contribution is 5.43. The first-order chi connectivity index (χ1) is 5.47. The summed E-state index contributed by atoms with van der Waals surface area (Å²) in [6.07, 6.45) is 8.68. The van der Waals surface area contributed by atoms with Gasteiger partial charge >= 0.3 is 0 Å². The fourth-order valence-electron chi connectivity index (χ4n) is 1.32. The van der Waals surface area contributed by atoms with E-state index in [4.69, 9.17) is 0 Å². The smallest absolute Gasteiger partial charge is 0.143 e. The first-order valence-electron chi connectivity index (χ1n) is 3.89. The normalized spacial score (nSPS) is 18.0. The van der Waals surface area contributed by atoms with Gasteiger partial charge in [-0.3, -0.25) is 0 Å². The average Bonchev–Trinajstić information content (AvgIpc) is 2.58. The fraction of sp³-hybridized carbons (Fsp3) is 0.571. The molecule has 1 aromatic heterocycles. The average molecular weight is 150 g/mol. The Bertz CT molecular complexity index is 249. The maximum Gasteiger partial charge on any atom is 0.143 e. The lowest BCUT2D eigenvalue weighted by Gasteiger charge is -2.10. The third-order valence-corrected chi connectivity index (χ3v) is 1.91. The maximum atomic E-state index is 3.83. The molecule has 0 unspecified atom stereocenters. The molecule has 11 heavy (non-hydrogen) atoms. The van der Waals surface area contributed by atoms with Crippen LogP contribution in [0.3, 0.4) is 0 Å². The summed E-state index contributed by atoms with van der Waals surface area (Å²) in [5, 5.41) is 11.0. The molecule has 1 aromatic rings. The van der Waals surface area contributed by atoms with Crippen LogP contribution in [0, 0.1) is 0 Å². The topological polar surface area (TPSA) is 43.6 Å². The Hall–Kier alpha value is -1.19. The molecule has 1 aliphatic carbocycles. The van der Waals surface area contributed by atoms with Gasteiger partial charge in [-0.25, -0.2) is 4.68 Å². The van der Waals surface area contributed by atoms with E-state index in [-0.39, 0.29) is 0 Å². The van der Waals surface area contributed by atoms with E-state index in [1.54, 1.807) is 11.0 Å². The number of allylic oxidation sites excluding steroid dienone is 2. The minimum atomic E-state index is 1.10. The summed E-state index contributed by atoms with van der Waals surface area (Å²) in [5.74, 6) is 0. The van der Waals surface area contributed by atoms with Gasteiger partial charge in [0.05, 0.1) is 0 Å². The van der Waals surface area contributed by atoms with Crippen molar-refractivity contribution in [1.29, 1.82) is 0 Å². The molecule has 58 valence electrons. The van der Waals surface area contributed by atoms with Crippen LogP contribution >= 0.6 is 0 Å². The van der Waals surface area contributed by atoms with Crippen LogP contribution in [0.15, 0.2) is 12.4 Å². The second-order valence-corrected chi connectivity index (χ2v) is 2.70. The SMILES string of the molecule is C1=C(n2cnnn2)CCCC1. The van der Waals surface area contributed by atoms with Crippen molar-refractivity contribution in [2.24, 2.45) is 0 Å². The van der Waals surface area contributed by atoms with Gasteiger partial charge in [-0.05, 0) is 36.1 Å². The second kappa shape index (κ2) is 2.82. The zero-order chi connectivity index (χ0) is 7.52. The molecular weight excluding hydrogens is 140 g/mol. The standard InChI is InChI=1S/C7H10N4/c1-2-4-7(5-3-1)11-6-8-9-10-11/h4,6H,1-3,5H2. The molecular formula is C7H10N4. The zero-order valence-electron chi connectivity index (χ0n) is 6.27. The molecule has 0 atom stereocenters. The number of rotatable bonds is 1. The van der Waals surface area contributed by atoms with Crippen LogP contribution in [0.2, 0.25) is 0 Å². The highest BCUT2D eigenvalue weighted by Crippen LogP contribution is 2.19. The van der Waals surface area contributed by atoms with Gasteiger partial charge in [0.1, 0.15) is 6.33 Å². The molecule has 1 aliphatic rings. The summed E-state index contributed by atoms with van der Waals surface area (Å²) in [4.78, 5) is 0. The van der Waals surface area contributed by atoms with Crippen molar-refractivity contribution in [1.82, 2.24) is 20.2 Å². The lowest BCUT2D eigenvalue weighted by atomic mass is 10.1. The largest absolute Gasteiger partial charge is 0.205 e. The number of hydrogen-bond donors (Lipinski definition) is 0. The van der Waals surface area contributed by atoms with Gasteiger partial charge in [0, 0.05) is 5.70 Å². The van der Waals surface area contributed by atoms with E-state index in [1.807, 2.05) is 0 Å². The molecule has 0 saturated carbocycles. The lowest BCUT2D eigenvalue weighted by molar-refractivity contribution is 0.685. The van der Waals surface area contributed by atoms with E-state index in [9.17, 15) is 0 Å². The van der Waals surface area contributed by atoms with Crippen molar-refractivity contribution >= 4 is 5.70 Å². The van der Waals surface area contributed by atoms with E-state index >= 15 is 0 Å². The van der Waals surface area contributed by atoms with Crippen molar-refractivity contribution in [2.75, 3.05) is 0 Å². The Labute approximate surface area is 64.9 Å². The summed E-state index contributed by atoms with van der Waals surface area (Å²) >= 11 is 0. The number of hydrogen-bond acceptors (Lipinski definition) is 3. The van der Waals surface area contributed by atoms with Crippen LogP contribution in [-0.2, 0) is 0 Å². The predicted octanol–water partition coefficient (Wildman–Crippen LogP) is 1.09. The summed E-state index contributed by atoms with van der Waals surface area (Å²) in [6, 6.07) is 0. The molecule has 0 saturated heterocycles. The molecule has 2 rings (SSSR count). The fourth-order valence-corrected chi connectivity index (χ4v) is 1.32. The van der Waals surface area contributed by atoms with E-state index < -0.39 is 0 Å². The minimum absolute atomic E-state index is 1.10. The molecule has 0 bridgehead atoms. The van der Waals surface area contributed by atoms with Gasteiger partial charge in [0.2, 0.25) is 0 Å². The predicted molar refractivity (Wildman–Crippen MR) is 40.6 cm³/mol. The maximum absolute atomic E-state index is 3.83. The third-order valence-electron chi connectivity index (χ3n) is 1.91. The molecule has 0 radical (unpaired) electrons. The van der Waals surface area contributed by atoms with Gasteiger partial charge < -0.3 is 0 Å². The van der Waals surface area contributed by atoms with Gasteiger partial charge in [-0.2, -0.15) is 0 Å². The summed E-state index contributed by atoms with van der Waals surface area (Å²) in [5.41, 5.74) is 1.24. The number of nitrogens with zero attached hydrogens (tertiary/aromatic N) is 4. The third kappa shape index (κ3) is 1.29. The van der Waals surface area contributed by atoms with Crippen LogP contribution in [0.4, 0.5) is 0 Å². The Balaban J connectivity index is 2.22. The van der Waals surface area contributed by atoms with Crippen LogP contribution in [-0.4, -0.2) is 20.2 Å². The highest BCUT2D eigenvalue weighted by Gasteiger charge is 2.05. The Kier molecular flexibility index (Phi) is 1.67. The first kappa shape index (κ1) is 6.52. The van der Waals surface area contributed by atoms with Crippen molar-refractivity contribution in [3.8, 4) is 0 Å². The minimum Gasteiger partial charge on any atom is -0.205 e. The summed E-state index contributed by atoms with van der Waals surface area (Å²) in [6.45, 7) is 0. The lowest BCUT2D eigenvalue weighted by Crippen LogP contribution is -2.01. The molecule has 4 heteroatoms. The monoisotopic (exact) mass is 150 g/mol. The molecule has 0 aromatic carbocycles. The van der Waals surface area contributed by atoms with Crippen LogP contribution < -0.4 is 0 Å². The Morgan fingerprint density at radius 2 is 2.36 bits per heavy atom. The number of aromatic nitrogens is 4. The Morgan fingerprint density at radius 3 is 3.00 bits per heavy atom. The van der Waals surface area contributed by atoms with Crippen molar-refractivity contribution in [3.63, 3.8) is 0 Å². The molecule has 4 nitrogen and oxygen atoms in total. The first-order valence-corrected chi connectivity index (χ1v) is 3.89. The van der Waals surface area contributed by atoms with E-state index in [0.717, 1.165) is 12.8 Å². The molecule has 0 N–H and O–H groups in total. The van der Waals surface area contributed by atoms with Crippen molar-refractivity contribution in [3.05, 3.63) is 12.4 Å².